The summed E-state index contributed by atoms with van der Waals surface area (Å²) in [6, 6.07) is 0.0816. The number of fused-ring (bicyclic) bond motifs is 1. The molecule has 1 aliphatic carbocycles. The van der Waals surface area contributed by atoms with Gasteiger partial charge < -0.3 is 10.7 Å². The zero-order valence-corrected chi connectivity index (χ0v) is 9.56. The Hall–Kier alpha value is -1.75. The molecule has 2 aromatic heterocycles. The molecule has 1 atom stereocenters. The molecule has 88 valence electrons. The summed E-state index contributed by atoms with van der Waals surface area (Å²) in [7, 11) is 0. The largest absolute Gasteiger partial charge is 0.342 e. The van der Waals surface area contributed by atoms with Gasteiger partial charge in [0, 0.05) is 35.9 Å². The fourth-order valence-corrected chi connectivity index (χ4v) is 2.25. The molecule has 0 spiro atoms. The van der Waals surface area contributed by atoms with Crippen LogP contribution in [-0.2, 0) is 6.42 Å². The molecule has 1 aliphatic rings. The highest BCUT2D eigenvalue weighted by atomic mass is 15.0. The molecular formula is C12H15N5. The number of aromatic amines is 1. The summed E-state index contributed by atoms with van der Waals surface area (Å²) in [5.41, 5.74) is 8.29. The average molecular weight is 229 g/mol. The quantitative estimate of drug-likeness (QED) is 0.728. The first-order valence-electron chi connectivity index (χ1n) is 5.96. The van der Waals surface area contributed by atoms with Crippen LogP contribution in [0.15, 0.2) is 18.6 Å². The molecule has 5 heteroatoms. The maximum Gasteiger partial charge on any atom is 0.195 e. The van der Waals surface area contributed by atoms with Crippen LogP contribution in [0.4, 0.5) is 0 Å². The van der Waals surface area contributed by atoms with Crippen LogP contribution >= 0.6 is 0 Å². The van der Waals surface area contributed by atoms with E-state index < -0.39 is 0 Å². The number of aromatic nitrogens is 4. The van der Waals surface area contributed by atoms with E-state index in [-0.39, 0.29) is 6.04 Å². The van der Waals surface area contributed by atoms with E-state index in [4.69, 9.17) is 5.73 Å². The van der Waals surface area contributed by atoms with Crippen molar-refractivity contribution >= 4 is 0 Å². The smallest absolute Gasteiger partial charge is 0.195 e. The Kier molecular flexibility index (Phi) is 2.60. The van der Waals surface area contributed by atoms with E-state index in [9.17, 15) is 0 Å². The molecule has 1 unspecified atom stereocenters. The zero-order chi connectivity index (χ0) is 11.7. The lowest BCUT2D eigenvalue weighted by Gasteiger charge is -2.11. The highest BCUT2D eigenvalue weighted by molar-refractivity contribution is 5.43. The Bertz CT molecular complexity index is 506. The molecule has 0 fully saturated rings. The van der Waals surface area contributed by atoms with Gasteiger partial charge in [-0.3, -0.25) is 0 Å². The Morgan fingerprint density at radius 1 is 1.29 bits per heavy atom. The minimum absolute atomic E-state index is 0.0816. The maximum absolute atomic E-state index is 6.11. The lowest BCUT2D eigenvalue weighted by atomic mass is 10.1. The minimum Gasteiger partial charge on any atom is -0.342 e. The Morgan fingerprint density at radius 2 is 2.24 bits per heavy atom. The molecular weight excluding hydrogens is 214 g/mol. The summed E-state index contributed by atoms with van der Waals surface area (Å²) >= 11 is 0. The van der Waals surface area contributed by atoms with Gasteiger partial charge in [-0.2, -0.15) is 0 Å². The zero-order valence-electron chi connectivity index (χ0n) is 9.56. The van der Waals surface area contributed by atoms with Crippen molar-refractivity contribution in [3.05, 3.63) is 29.8 Å². The molecule has 0 aromatic carbocycles. The number of hydrogen-bond donors (Lipinski definition) is 2. The third-order valence-electron chi connectivity index (χ3n) is 3.19. The standard InChI is InChI=1S/C12H15N5/c13-9-3-1-2-4-10-8(9)7-16-12(17-10)11-14-5-6-15-11/h5-7,9H,1-4,13H2,(H,14,15). The summed E-state index contributed by atoms with van der Waals surface area (Å²) in [6.45, 7) is 0. The fourth-order valence-electron chi connectivity index (χ4n) is 2.25. The van der Waals surface area contributed by atoms with Crippen LogP contribution in [-0.4, -0.2) is 19.9 Å². The van der Waals surface area contributed by atoms with E-state index in [0.717, 1.165) is 36.9 Å². The van der Waals surface area contributed by atoms with E-state index in [1.165, 1.54) is 0 Å². The van der Waals surface area contributed by atoms with Gasteiger partial charge in [0.05, 0.1) is 0 Å². The normalized spacial score (nSPS) is 19.7. The van der Waals surface area contributed by atoms with Crippen LogP contribution in [0.25, 0.3) is 11.6 Å². The number of hydrogen-bond acceptors (Lipinski definition) is 4. The first-order valence-corrected chi connectivity index (χ1v) is 5.96. The molecule has 17 heavy (non-hydrogen) atoms. The minimum atomic E-state index is 0.0816. The van der Waals surface area contributed by atoms with Gasteiger partial charge in [0.2, 0.25) is 0 Å². The molecule has 0 aliphatic heterocycles. The lowest BCUT2D eigenvalue weighted by molar-refractivity contribution is 0.614. The summed E-state index contributed by atoms with van der Waals surface area (Å²) < 4.78 is 0. The molecule has 0 saturated carbocycles. The predicted molar refractivity (Wildman–Crippen MR) is 64.1 cm³/mol. The van der Waals surface area contributed by atoms with E-state index in [0.29, 0.717) is 11.6 Å². The Balaban J connectivity index is 2.03. The van der Waals surface area contributed by atoms with E-state index in [1.54, 1.807) is 12.4 Å². The number of nitrogens with one attached hydrogen (secondary N) is 1. The Labute approximate surface area is 99.5 Å². The maximum atomic E-state index is 6.11. The van der Waals surface area contributed by atoms with Gasteiger partial charge in [0.15, 0.2) is 11.6 Å². The van der Waals surface area contributed by atoms with Crippen molar-refractivity contribution < 1.29 is 0 Å². The molecule has 0 saturated heterocycles. The summed E-state index contributed by atoms with van der Waals surface area (Å²) in [5, 5.41) is 0. The molecule has 0 radical (unpaired) electrons. The molecule has 5 nitrogen and oxygen atoms in total. The average Bonchev–Trinajstić information content (AvgIpc) is 2.82. The van der Waals surface area contributed by atoms with Crippen molar-refractivity contribution in [2.24, 2.45) is 5.73 Å². The van der Waals surface area contributed by atoms with Gasteiger partial charge in [0.1, 0.15) is 0 Å². The van der Waals surface area contributed by atoms with Gasteiger partial charge >= 0.3 is 0 Å². The van der Waals surface area contributed by atoms with E-state index in [1.807, 2.05) is 6.20 Å². The fraction of sp³-hybridized carbons (Fsp3) is 0.417. The van der Waals surface area contributed by atoms with Gasteiger partial charge in [0.25, 0.3) is 0 Å². The van der Waals surface area contributed by atoms with Gasteiger partial charge in [-0.1, -0.05) is 6.42 Å². The van der Waals surface area contributed by atoms with Gasteiger partial charge in [-0.05, 0) is 19.3 Å². The number of rotatable bonds is 1. The predicted octanol–water partition coefficient (Wildman–Crippen LogP) is 1.59. The van der Waals surface area contributed by atoms with Crippen molar-refractivity contribution in [2.45, 2.75) is 31.7 Å². The van der Waals surface area contributed by atoms with Crippen LogP contribution in [0.3, 0.4) is 0 Å². The summed E-state index contributed by atoms with van der Waals surface area (Å²) in [6.07, 6.45) is 9.65. The molecule has 3 rings (SSSR count). The second-order valence-electron chi connectivity index (χ2n) is 4.39. The topological polar surface area (TPSA) is 80.5 Å². The molecule has 2 aromatic rings. The number of H-pyrrole nitrogens is 1. The van der Waals surface area contributed by atoms with Crippen molar-refractivity contribution in [3.8, 4) is 11.6 Å². The molecule has 3 N–H and O–H groups in total. The van der Waals surface area contributed by atoms with Crippen molar-refractivity contribution in [1.29, 1.82) is 0 Å². The highest BCUT2D eigenvalue weighted by Gasteiger charge is 2.18. The number of nitrogens with zero attached hydrogens (tertiary/aromatic N) is 3. The van der Waals surface area contributed by atoms with Gasteiger partial charge in [-0.15, -0.1) is 0 Å². The molecule has 0 amide bonds. The van der Waals surface area contributed by atoms with Crippen molar-refractivity contribution in [3.63, 3.8) is 0 Å². The number of aryl methyl sites for hydroxylation is 1. The first-order chi connectivity index (χ1) is 8.34. The first kappa shape index (κ1) is 10.4. The van der Waals surface area contributed by atoms with Gasteiger partial charge in [-0.25, -0.2) is 15.0 Å². The van der Waals surface area contributed by atoms with Crippen LogP contribution in [0.1, 0.15) is 36.6 Å². The van der Waals surface area contributed by atoms with Crippen molar-refractivity contribution in [2.75, 3.05) is 0 Å². The SMILES string of the molecule is NC1CCCCc2nc(-c3ncc[nH]3)ncc21. The van der Waals surface area contributed by atoms with Crippen molar-refractivity contribution in [1.82, 2.24) is 19.9 Å². The summed E-state index contributed by atoms with van der Waals surface area (Å²) in [4.78, 5) is 16.1. The second-order valence-corrected chi connectivity index (χ2v) is 4.39. The number of imidazole rings is 1. The lowest BCUT2D eigenvalue weighted by Crippen LogP contribution is -2.12. The third kappa shape index (κ3) is 1.93. The summed E-state index contributed by atoms with van der Waals surface area (Å²) in [5.74, 6) is 1.37. The highest BCUT2D eigenvalue weighted by Crippen LogP contribution is 2.26. The van der Waals surface area contributed by atoms with Crippen LogP contribution in [0, 0.1) is 0 Å². The third-order valence-corrected chi connectivity index (χ3v) is 3.19. The van der Waals surface area contributed by atoms with Crippen LogP contribution in [0.2, 0.25) is 0 Å². The van der Waals surface area contributed by atoms with E-state index in [2.05, 4.69) is 19.9 Å². The molecule has 2 heterocycles. The van der Waals surface area contributed by atoms with Crippen LogP contribution in [0.5, 0.6) is 0 Å². The molecule has 0 bridgehead atoms. The Morgan fingerprint density at radius 3 is 3.06 bits per heavy atom. The number of nitrogens with two attached hydrogens (primary N) is 1. The monoisotopic (exact) mass is 229 g/mol. The van der Waals surface area contributed by atoms with E-state index >= 15 is 0 Å². The van der Waals surface area contributed by atoms with Crippen LogP contribution < -0.4 is 5.73 Å². The second kappa shape index (κ2) is 4.25.